The van der Waals surface area contributed by atoms with Gasteiger partial charge in [0.15, 0.2) is 0 Å². The summed E-state index contributed by atoms with van der Waals surface area (Å²) in [6.45, 7) is 0. The molecule has 3 aromatic rings. The van der Waals surface area contributed by atoms with E-state index >= 15 is 0 Å². The fraction of sp³-hybridized carbons (Fsp3) is 0.167. The number of nitrogens with zero attached hydrogens (tertiary/aromatic N) is 2. The summed E-state index contributed by atoms with van der Waals surface area (Å²) in [4.78, 5) is 3.84. The van der Waals surface area contributed by atoms with Gasteiger partial charge in [-0.1, -0.05) is 36.4 Å². The molecule has 0 bridgehead atoms. The number of rotatable bonds is 6. The fourth-order valence-corrected chi connectivity index (χ4v) is 3.85. The van der Waals surface area contributed by atoms with Crippen LogP contribution in [0.4, 0.5) is 13.2 Å². The number of halogens is 3. The van der Waals surface area contributed by atoms with Crippen LogP contribution in [-0.2, 0) is 17.1 Å². The van der Waals surface area contributed by atoms with Crippen molar-refractivity contribution >= 4 is 10.0 Å². The molecule has 0 amide bonds. The smallest absolute Gasteiger partial charge is 0.406 e. The number of nitrogens with one attached hydrogen (secondary N) is 1. The van der Waals surface area contributed by atoms with Crippen LogP contribution in [0.1, 0.15) is 17.4 Å². The van der Waals surface area contributed by atoms with Crippen LogP contribution in [0.25, 0.3) is 0 Å². The molecule has 1 N–H and O–H groups in total. The van der Waals surface area contributed by atoms with E-state index in [1.807, 2.05) is 0 Å². The lowest BCUT2D eigenvalue weighted by Crippen LogP contribution is -2.31. The monoisotopic (exact) mass is 411 g/mol. The molecule has 6 nitrogen and oxygen atoms in total. The first-order valence-electron chi connectivity index (χ1n) is 8.06. The molecule has 1 aromatic heterocycles. The molecular formula is C18H16F3N3O3S. The number of hydrogen-bond acceptors (Lipinski definition) is 4. The van der Waals surface area contributed by atoms with Gasteiger partial charge in [-0.3, -0.25) is 0 Å². The lowest BCUT2D eigenvalue weighted by Gasteiger charge is -2.19. The van der Waals surface area contributed by atoms with Gasteiger partial charge in [0.2, 0.25) is 10.0 Å². The highest BCUT2D eigenvalue weighted by atomic mass is 32.2. The number of aryl methyl sites for hydroxylation is 1. The second-order valence-electron chi connectivity index (χ2n) is 5.88. The zero-order valence-electron chi connectivity index (χ0n) is 14.6. The Morgan fingerprint density at radius 2 is 1.82 bits per heavy atom. The predicted octanol–water partition coefficient (Wildman–Crippen LogP) is 3.39. The van der Waals surface area contributed by atoms with Crippen molar-refractivity contribution in [3.05, 3.63) is 78.4 Å². The SMILES string of the molecule is Cn1ccnc1[C@@H](NS(=O)(=O)c1cccc(OC(F)(F)F)c1)c1ccccc1. The molecule has 28 heavy (non-hydrogen) atoms. The topological polar surface area (TPSA) is 73.2 Å². The first kappa shape index (κ1) is 19.9. The lowest BCUT2D eigenvalue weighted by atomic mass is 10.1. The number of sulfonamides is 1. The van der Waals surface area contributed by atoms with E-state index in [2.05, 4.69) is 14.4 Å². The number of imidazole rings is 1. The van der Waals surface area contributed by atoms with Crippen LogP contribution in [0.3, 0.4) is 0 Å². The van der Waals surface area contributed by atoms with E-state index < -0.39 is 28.2 Å². The van der Waals surface area contributed by atoms with E-state index in [0.717, 1.165) is 12.1 Å². The Bertz CT molecular complexity index is 1050. The largest absolute Gasteiger partial charge is 0.573 e. The van der Waals surface area contributed by atoms with E-state index in [9.17, 15) is 21.6 Å². The van der Waals surface area contributed by atoms with Crippen molar-refractivity contribution < 1.29 is 26.3 Å². The molecule has 0 spiro atoms. The molecule has 0 radical (unpaired) electrons. The highest BCUT2D eigenvalue weighted by Gasteiger charge is 2.32. The first-order chi connectivity index (χ1) is 13.2. The van der Waals surface area contributed by atoms with Crippen molar-refractivity contribution in [2.45, 2.75) is 17.3 Å². The van der Waals surface area contributed by atoms with Gasteiger partial charge in [-0.2, -0.15) is 4.72 Å². The Balaban J connectivity index is 1.97. The minimum absolute atomic E-state index is 0.357. The second kappa shape index (κ2) is 7.64. The third-order valence-electron chi connectivity index (χ3n) is 3.87. The highest BCUT2D eigenvalue weighted by Crippen LogP contribution is 2.27. The zero-order valence-corrected chi connectivity index (χ0v) is 15.4. The molecule has 0 unspecified atom stereocenters. The molecule has 0 saturated heterocycles. The summed E-state index contributed by atoms with van der Waals surface area (Å²) in [5.74, 6) is -0.193. The summed E-state index contributed by atoms with van der Waals surface area (Å²) in [7, 11) is -2.47. The normalized spacial score (nSPS) is 13.3. The van der Waals surface area contributed by atoms with Gasteiger partial charge in [0, 0.05) is 25.5 Å². The Morgan fingerprint density at radius 1 is 1.11 bits per heavy atom. The van der Waals surface area contributed by atoms with Crippen molar-refractivity contribution in [3.8, 4) is 5.75 Å². The van der Waals surface area contributed by atoms with Crippen LogP contribution < -0.4 is 9.46 Å². The molecular weight excluding hydrogens is 395 g/mol. The summed E-state index contributed by atoms with van der Waals surface area (Å²) in [6.07, 6.45) is -1.73. The quantitative estimate of drug-likeness (QED) is 0.675. The molecule has 0 fully saturated rings. The van der Waals surface area contributed by atoms with Crippen molar-refractivity contribution in [2.75, 3.05) is 0 Å². The molecule has 0 aliphatic rings. The summed E-state index contributed by atoms with van der Waals surface area (Å²) in [5, 5.41) is 0. The lowest BCUT2D eigenvalue weighted by molar-refractivity contribution is -0.274. The second-order valence-corrected chi connectivity index (χ2v) is 7.60. The third kappa shape index (κ3) is 4.70. The van der Waals surface area contributed by atoms with Crippen LogP contribution in [0, 0.1) is 0 Å². The van der Waals surface area contributed by atoms with Crippen molar-refractivity contribution in [1.82, 2.24) is 14.3 Å². The van der Waals surface area contributed by atoms with Crippen molar-refractivity contribution in [2.24, 2.45) is 7.05 Å². The van der Waals surface area contributed by atoms with Crippen LogP contribution >= 0.6 is 0 Å². The van der Waals surface area contributed by atoms with E-state index in [0.29, 0.717) is 11.4 Å². The van der Waals surface area contributed by atoms with Gasteiger partial charge in [0.25, 0.3) is 0 Å². The molecule has 1 atom stereocenters. The molecule has 0 aliphatic carbocycles. The van der Waals surface area contributed by atoms with E-state index in [-0.39, 0.29) is 4.90 Å². The number of hydrogen-bond donors (Lipinski definition) is 1. The molecule has 3 rings (SSSR count). The zero-order chi connectivity index (χ0) is 20.4. The van der Waals surface area contributed by atoms with Gasteiger partial charge in [0.1, 0.15) is 17.6 Å². The standard InChI is InChI=1S/C18H16F3N3O3S/c1-24-11-10-22-17(24)16(13-6-3-2-4-7-13)23-28(25,26)15-9-5-8-14(12-15)27-18(19,20)21/h2-12,16,23H,1H3/t16-/m0/s1. The maximum Gasteiger partial charge on any atom is 0.573 e. The summed E-state index contributed by atoms with van der Waals surface area (Å²) in [5.41, 5.74) is 0.628. The van der Waals surface area contributed by atoms with E-state index in [1.165, 1.54) is 18.3 Å². The summed E-state index contributed by atoms with van der Waals surface area (Å²) < 4.78 is 71.0. The number of ether oxygens (including phenoxy) is 1. The van der Waals surface area contributed by atoms with Gasteiger partial charge >= 0.3 is 6.36 Å². The molecule has 1 heterocycles. The fourth-order valence-electron chi connectivity index (χ4n) is 2.63. The van der Waals surface area contributed by atoms with Gasteiger partial charge < -0.3 is 9.30 Å². The Morgan fingerprint density at radius 3 is 2.43 bits per heavy atom. The average molecular weight is 411 g/mol. The van der Waals surface area contributed by atoms with Crippen molar-refractivity contribution in [1.29, 1.82) is 0 Å². The van der Waals surface area contributed by atoms with E-state index in [4.69, 9.17) is 0 Å². The maximum absolute atomic E-state index is 12.9. The van der Waals surface area contributed by atoms with Crippen LogP contribution in [0.5, 0.6) is 5.75 Å². The van der Waals surface area contributed by atoms with Gasteiger partial charge in [-0.25, -0.2) is 13.4 Å². The highest BCUT2D eigenvalue weighted by molar-refractivity contribution is 7.89. The molecule has 2 aromatic carbocycles. The predicted molar refractivity (Wildman–Crippen MR) is 94.9 cm³/mol. The summed E-state index contributed by atoms with van der Waals surface area (Å²) in [6, 6.07) is 12.1. The Hall–Kier alpha value is -2.85. The maximum atomic E-state index is 12.9. The minimum Gasteiger partial charge on any atom is -0.406 e. The third-order valence-corrected chi connectivity index (χ3v) is 5.29. The number of alkyl halides is 3. The number of aromatic nitrogens is 2. The molecule has 0 saturated carbocycles. The Kier molecular flexibility index (Phi) is 5.43. The van der Waals surface area contributed by atoms with Gasteiger partial charge in [-0.05, 0) is 17.7 Å². The summed E-state index contributed by atoms with van der Waals surface area (Å²) >= 11 is 0. The van der Waals surface area contributed by atoms with Gasteiger partial charge in [0.05, 0.1) is 4.90 Å². The van der Waals surface area contributed by atoms with Gasteiger partial charge in [-0.15, -0.1) is 13.2 Å². The van der Waals surface area contributed by atoms with Crippen LogP contribution in [0.2, 0.25) is 0 Å². The van der Waals surface area contributed by atoms with Crippen LogP contribution in [-0.4, -0.2) is 24.3 Å². The molecule has 0 aliphatic heterocycles. The molecule has 148 valence electrons. The first-order valence-corrected chi connectivity index (χ1v) is 9.54. The van der Waals surface area contributed by atoms with Crippen LogP contribution in [0.15, 0.2) is 71.9 Å². The molecule has 10 heteroatoms. The number of benzene rings is 2. The Labute approximate surface area is 159 Å². The van der Waals surface area contributed by atoms with E-state index in [1.54, 1.807) is 48.1 Å². The minimum atomic E-state index is -4.92. The average Bonchev–Trinajstić information content (AvgIpc) is 3.05. The van der Waals surface area contributed by atoms with Crippen molar-refractivity contribution in [3.63, 3.8) is 0 Å².